The third kappa shape index (κ3) is 12.5. The highest BCUT2D eigenvalue weighted by atomic mass is 16.4. The number of nitrogens with one attached hydrogen (secondary N) is 1. The van der Waals surface area contributed by atoms with E-state index < -0.39 is 5.97 Å². The minimum absolute atomic E-state index is 0.972. The maximum absolute atomic E-state index is 8.89. The number of carbonyl (C=O) groups is 1. The number of carboxylic acids is 1. The quantitative estimate of drug-likeness (QED) is 0.657. The maximum atomic E-state index is 8.89. The van der Waals surface area contributed by atoms with Gasteiger partial charge in [0.25, 0.3) is 0 Å². The number of quaternary nitrogens is 1. The zero-order valence-corrected chi connectivity index (χ0v) is 13.9. The molecule has 2 unspecified atom stereocenters. The average Bonchev–Trinajstić information content (AvgIpc) is 2.85. The summed E-state index contributed by atoms with van der Waals surface area (Å²) in [4.78, 5) is 10.8. The summed E-state index contributed by atoms with van der Waals surface area (Å²) in [6.07, 6.45) is 13.1. The van der Waals surface area contributed by atoms with Crippen molar-refractivity contribution < 1.29 is 14.8 Å². The van der Waals surface area contributed by atoms with Crippen LogP contribution in [0.25, 0.3) is 0 Å². The Bertz CT molecular complexity index is 227. The Morgan fingerprint density at radius 2 is 1.65 bits per heavy atom. The lowest BCUT2D eigenvalue weighted by atomic mass is 10.1. The summed E-state index contributed by atoms with van der Waals surface area (Å²) in [5.41, 5.74) is 0. The molecule has 20 heavy (non-hydrogen) atoms. The van der Waals surface area contributed by atoms with E-state index in [1.54, 1.807) is 0 Å². The second kappa shape index (κ2) is 13.4. The van der Waals surface area contributed by atoms with Crippen LogP contribution in [0, 0.1) is 5.92 Å². The van der Waals surface area contributed by atoms with E-state index >= 15 is 0 Å². The normalized spacial score (nSPS) is 21.4. The van der Waals surface area contributed by atoms with Gasteiger partial charge in [-0.15, -0.1) is 0 Å². The van der Waals surface area contributed by atoms with Crippen molar-refractivity contribution in [3.05, 3.63) is 0 Å². The van der Waals surface area contributed by atoms with Gasteiger partial charge in [0.15, 0.2) is 0 Å². The summed E-state index contributed by atoms with van der Waals surface area (Å²) in [6.45, 7) is 9.98. The van der Waals surface area contributed by atoms with Gasteiger partial charge < -0.3 is 14.8 Å². The molecule has 0 aromatic rings. The van der Waals surface area contributed by atoms with Crippen LogP contribution in [0.4, 0.5) is 0 Å². The Labute approximate surface area is 125 Å². The zero-order valence-electron chi connectivity index (χ0n) is 13.9. The lowest BCUT2D eigenvalue weighted by Gasteiger charge is -2.12. The van der Waals surface area contributed by atoms with Gasteiger partial charge in [-0.2, -0.15) is 0 Å². The standard InChI is InChI=1S/C15H31N.C2H4O2/c1-3-5-6-7-8-9-10-12-16-13-11-15(4-2)14-16;1-2(3)4/h15H,3-14H2,1-2H3;1H3,(H,3,4). The molecular weight excluding hydrogens is 250 g/mol. The minimum Gasteiger partial charge on any atom is -0.550 e. The average molecular weight is 285 g/mol. The third-order valence-electron chi connectivity index (χ3n) is 4.19. The maximum Gasteiger partial charge on any atom is 0.0801 e. The van der Waals surface area contributed by atoms with Crippen LogP contribution in [0.3, 0.4) is 0 Å². The number of aliphatic carboxylic acids is 1. The number of likely N-dealkylation sites (tertiary alicyclic amines) is 1. The SMILES string of the molecule is CC(=O)[O-].CCCCCCCCC[NH+]1CCC(CC)C1. The van der Waals surface area contributed by atoms with Crippen molar-refractivity contribution in [3.8, 4) is 0 Å². The van der Waals surface area contributed by atoms with Crippen LogP contribution < -0.4 is 10.0 Å². The minimum atomic E-state index is -1.08. The molecule has 0 spiro atoms. The Morgan fingerprint density at radius 3 is 2.15 bits per heavy atom. The van der Waals surface area contributed by atoms with Crippen LogP contribution in [0.2, 0.25) is 0 Å². The van der Waals surface area contributed by atoms with Crippen molar-refractivity contribution in [1.82, 2.24) is 0 Å². The van der Waals surface area contributed by atoms with Crippen LogP contribution in [-0.4, -0.2) is 25.6 Å². The van der Waals surface area contributed by atoms with Crippen LogP contribution in [0.1, 0.15) is 78.6 Å². The highest BCUT2D eigenvalue weighted by Gasteiger charge is 2.23. The zero-order chi connectivity index (χ0) is 15.2. The Balaban J connectivity index is 0.000000796. The first-order chi connectivity index (χ1) is 9.60. The number of unbranched alkanes of at least 4 members (excludes halogenated alkanes) is 6. The van der Waals surface area contributed by atoms with Crippen LogP contribution in [0.15, 0.2) is 0 Å². The van der Waals surface area contributed by atoms with Gasteiger partial charge in [0.2, 0.25) is 0 Å². The molecule has 0 bridgehead atoms. The predicted octanol–water partition coefficient (Wildman–Crippen LogP) is 1.81. The predicted molar refractivity (Wildman–Crippen MR) is 82.6 cm³/mol. The van der Waals surface area contributed by atoms with E-state index in [-0.39, 0.29) is 0 Å². The number of hydrogen-bond acceptors (Lipinski definition) is 2. The molecule has 3 heteroatoms. The van der Waals surface area contributed by atoms with E-state index in [1.807, 2.05) is 4.90 Å². The smallest absolute Gasteiger partial charge is 0.0801 e. The van der Waals surface area contributed by atoms with E-state index in [9.17, 15) is 0 Å². The summed E-state index contributed by atoms with van der Waals surface area (Å²) in [7, 11) is 0. The van der Waals surface area contributed by atoms with Gasteiger partial charge >= 0.3 is 0 Å². The largest absolute Gasteiger partial charge is 0.550 e. The van der Waals surface area contributed by atoms with E-state index in [0.29, 0.717) is 0 Å². The van der Waals surface area contributed by atoms with Gasteiger partial charge in [-0.05, 0) is 26.2 Å². The summed E-state index contributed by atoms with van der Waals surface area (Å²) < 4.78 is 0. The summed E-state index contributed by atoms with van der Waals surface area (Å²) in [5, 5.41) is 8.89. The van der Waals surface area contributed by atoms with Crippen molar-refractivity contribution in [2.75, 3.05) is 19.6 Å². The summed E-state index contributed by atoms with van der Waals surface area (Å²) in [5.74, 6) is -0.0421. The monoisotopic (exact) mass is 285 g/mol. The number of carboxylic acid groups (broad SMARTS) is 1. The lowest BCUT2D eigenvalue weighted by Crippen LogP contribution is -3.10. The van der Waals surface area contributed by atoms with Crippen LogP contribution in [-0.2, 0) is 4.79 Å². The molecule has 1 saturated heterocycles. The first-order valence-electron chi connectivity index (χ1n) is 8.61. The molecular formula is C17H35NO2. The number of rotatable bonds is 9. The van der Waals surface area contributed by atoms with Crippen molar-refractivity contribution in [1.29, 1.82) is 0 Å². The van der Waals surface area contributed by atoms with Crippen molar-refractivity contribution >= 4 is 5.97 Å². The van der Waals surface area contributed by atoms with E-state index in [4.69, 9.17) is 9.90 Å². The van der Waals surface area contributed by atoms with Gasteiger partial charge in [-0.1, -0.05) is 46.0 Å². The van der Waals surface area contributed by atoms with Gasteiger partial charge in [0, 0.05) is 18.3 Å². The van der Waals surface area contributed by atoms with Crippen molar-refractivity contribution in [2.24, 2.45) is 5.92 Å². The fourth-order valence-corrected chi connectivity index (χ4v) is 2.93. The van der Waals surface area contributed by atoms with Crippen LogP contribution >= 0.6 is 0 Å². The van der Waals surface area contributed by atoms with Crippen LogP contribution in [0.5, 0.6) is 0 Å². The summed E-state index contributed by atoms with van der Waals surface area (Å²) >= 11 is 0. The van der Waals surface area contributed by atoms with E-state index in [1.165, 1.54) is 77.4 Å². The topological polar surface area (TPSA) is 44.6 Å². The first-order valence-corrected chi connectivity index (χ1v) is 8.61. The molecule has 0 aliphatic carbocycles. The number of carbonyl (C=O) groups excluding carboxylic acids is 1. The fraction of sp³-hybridized carbons (Fsp3) is 0.941. The molecule has 1 aliphatic rings. The first kappa shape index (κ1) is 19.4. The second-order valence-electron chi connectivity index (χ2n) is 6.13. The van der Waals surface area contributed by atoms with Gasteiger partial charge in [0.05, 0.1) is 19.6 Å². The number of hydrogen-bond donors (Lipinski definition) is 1. The molecule has 1 N–H and O–H groups in total. The Morgan fingerprint density at radius 1 is 1.10 bits per heavy atom. The van der Waals surface area contributed by atoms with Gasteiger partial charge in [0.1, 0.15) is 0 Å². The molecule has 0 radical (unpaired) electrons. The molecule has 1 heterocycles. The van der Waals surface area contributed by atoms with Gasteiger partial charge in [-0.3, -0.25) is 0 Å². The highest BCUT2D eigenvalue weighted by molar-refractivity contribution is 5.60. The molecule has 0 amide bonds. The van der Waals surface area contributed by atoms with Gasteiger partial charge in [-0.25, -0.2) is 0 Å². The van der Waals surface area contributed by atoms with Crippen molar-refractivity contribution in [2.45, 2.75) is 78.6 Å². The van der Waals surface area contributed by atoms with E-state index in [2.05, 4.69) is 13.8 Å². The molecule has 0 aromatic heterocycles. The summed E-state index contributed by atoms with van der Waals surface area (Å²) in [6, 6.07) is 0. The molecule has 1 aliphatic heterocycles. The fourth-order valence-electron chi connectivity index (χ4n) is 2.93. The molecule has 3 nitrogen and oxygen atoms in total. The molecule has 120 valence electrons. The van der Waals surface area contributed by atoms with E-state index in [0.717, 1.165) is 12.8 Å². The Hall–Kier alpha value is -0.570. The molecule has 1 rings (SSSR count). The second-order valence-corrected chi connectivity index (χ2v) is 6.13. The Kier molecular flexibility index (Phi) is 13.0. The molecule has 0 saturated carbocycles. The molecule has 2 atom stereocenters. The van der Waals surface area contributed by atoms with Crippen molar-refractivity contribution in [3.63, 3.8) is 0 Å². The molecule has 1 fully saturated rings. The highest BCUT2D eigenvalue weighted by Crippen LogP contribution is 2.09. The molecule has 0 aromatic carbocycles. The lowest BCUT2D eigenvalue weighted by molar-refractivity contribution is -0.889. The third-order valence-corrected chi connectivity index (χ3v) is 4.19.